The fraction of sp³-hybridized carbons (Fsp3) is 0.864. The molecule has 2 N–H and O–H groups in total. The molecule has 3 fully saturated rings. The van der Waals surface area contributed by atoms with Crippen molar-refractivity contribution in [1.82, 2.24) is 10.2 Å². The van der Waals surface area contributed by atoms with Crippen LogP contribution >= 0.6 is 0 Å². The van der Waals surface area contributed by atoms with E-state index in [2.05, 4.69) is 30.1 Å². The second-order valence-electron chi connectivity index (χ2n) is 9.31. The van der Waals surface area contributed by atoms with Gasteiger partial charge in [-0.1, -0.05) is 25.5 Å². The van der Waals surface area contributed by atoms with Gasteiger partial charge in [0, 0.05) is 37.4 Å². The molecule has 158 valence electrons. The lowest BCUT2D eigenvalue weighted by molar-refractivity contribution is -0.144. The number of aliphatic hydroxyl groups is 1. The van der Waals surface area contributed by atoms with Gasteiger partial charge in [0.1, 0.15) is 6.10 Å². The van der Waals surface area contributed by atoms with Crippen LogP contribution in [0.25, 0.3) is 0 Å². The van der Waals surface area contributed by atoms with Crippen molar-refractivity contribution in [3.05, 3.63) is 11.6 Å². The maximum absolute atomic E-state index is 12.6. The smallest absolute Gasteiger partial charge is 0.311 e. The Morgan fingerprint density at radius 2 is 2.14 bits per heavy atom. The summed E-state index contributed by atoms with van der Waals surface area (Å²) in [5, 5.41) is 14.8. The van der Waals surface area contributed by atoms with Crippen LogP contribution < -0.4 is 5.32 Å². The average molecular weight is 393 g/mol. The summed E-state index contributed by atoms with van der Waals surface area (Å²) in [6.45, 7) is 10.7. The first kappa shape index (κ1) is 20.3. The Balaban J connectivity index is 1.33. The van der Waals surface area contributed by atoms with Gasteiger partial charge in [-0.25, -0.2) is 0 Å². The highest BCUT2D eigenvalue weighted by Gasteiger charge is 2.59. The van der Waals surface area contributed by atoms with Crippen molar-refractivity contribution in [3.8, 4) is 0 Å². The van der Waals surface area contributed by atoms with Gasteiger partial charge >= 0.3 is 5.97 Å². The molecule has 0 radical (unpaired) electrons. The van der Waals surface area contributed by atoms with E-state index in [1.54, 1.807) is 0 Å². The van der Waals surface area contributed by atoms with Gasteiger partial charge in [0.15, 0.2) is 0 Å². The quantitative estimate of drug-likeness (QED) is 0.406. The largest absolute Gasteiger partial charge is 0.461 e. The van der Waals surface area contributed by atoms with Gasteiger partial charge in [0.2, 0.25) is 0 Å². The van der Waals surface area contributed by atoms with Gasteiger partial charge in [0.05, 0.1) is 25.2 Å². The van der Waals surface area contributed by atoms with Crippen molar-refractivity contribution in [2.24, 2.45) is 23.2 Å². The first-order valence-corrected chi connectivity index (χ1v) is 11.1. The summed E-state index contributed by atoms with van der Waals surface area (Å²) < 4.78 is 11.1. The van der Waals surface area contributed by atoms with Crippen molar-refractivity contribution in [2.45, 2.75) is 51.7 Å². The summed E-state index contributed by atoms with van der Waals surface area (Å²) in [5.41, 5.74) is 1.08. The monoisotopic (exact) mass is 392 g/mol. The fourth-order valence-corrected chi connectivity index (χ4v) is 5.81. The molecule has 6 heteroatoms. The molecule has 4 aliphatic rings. The fourth-order valence-electron chi connectivity index (χ4n) is 5.81. The van der Waals surface area contributed by atoms with Crippen LogP contribution in [-0.2, 0) is 14.3 Å². The Kier molecular flexibility index (Phi) is 6.12. The third kappa shape index (κ3) is 3.64. The predicted octanol–water partition coefficient (Wildman–Crippen LogP) is 1.58. The Labute approximate surface area is 168 Å². The molecule has 2 aliphatic carbocycles. The molecule has 28 heavy (non-hydrogen) atoms. The summed E-state index contributed by atoms with van der Waals surface area (Å²) in [4.78, 5) is 15.0. The van der Waals surface area contributed by atoms with Crippen LogP contribution in [0.3, 0.4) is 0 Å². The second-order valence-corrected chi connectivity index (χ2v) is 9.31. The zero-order valence-electron chi connectivity index (χ0n) is 17.4. The number of nitrogens with zero attached hydrogens (tertiary/aromatic N) is 1. The Morgan fingerprint density at radius 1 is 1.36 bits per heavy atom. The minimum absolute atomic E-state index is 0.0954. The van der Waals surface area contributed by atoms with E-state index in [0.29, 0.717) is 12.5 Å². The number of morpholine rings is 1. The topological polar surface area (TPSA) is 71.0 Å². The zero-order valence-corrected chi connectivity index (χ0v) is 17.4. The number of hydrogen-bond donors (Lipinski definition) is 2. The standard InChI is InChI=1S/C22H36N2O4/c1-15-5-3-6-16-13-18-19(20(25)22(15,16)2)17(21(26)28-18)14-23-7-4-8-24-9-11-27-12-10-24/h6,15,17-20,23,25H,3-5,7-14H2,1-2H3/t15-,17-,18+,19+,20+,22+/m0/s1. The molecule has 4 rings (SSSR count). The average Bonchev–Trinajstić information content (AvgIpc) is 3.00. The van der Waals surface area contributed by atoms with Gasteiger partial charge in [-0.3, -0.25) is 9.69 Å². The Hall–Kier alpha value is -0.950. The number of carbonyl (C=O) groups is 1. The molecule has 0 bridgehead atoms. The third-order valence-corrected chi connectivity index (χ3v) is 7.87. The van der Waals surface area contributed by atoms with Crippen molar-refractivity contribution in [3.63, 3.8) is 0 Å². The highest BCUT2D eigenvalue weighted by molar-refractivity contribution is 5.76. The maximum Gasteiger partial charge on any atom is 0.311 e. The van der Waals surface area contributed by atoms with Gasteiger partial charge in [-0.05, 0) is 38.3 Å². The first-order valence-electron chi connectivity index (χ1n) is 11.1. The number of allylic oxidation sites excluding steroid dienone is 1. The van der Waals surface area contributed by atoms with Crippen molar-refractivity contribution >= 4 is 5.97 Å². The van der Waals surface area contributed by atoms with E-state index in [0.717, 1.165) is 65.1 Å². The number of carbonyl (C=O) groups excluding carboxylic acids is 1. The van der Waals surface area contributed by atoms with Gasteiger partial charge in [-0.2, -0.15) is 0 Å². The number of ether oxygens (including phenoxy) is 2. The minimum atomic E-state index is -0.514. The van der Waals surface area contributed by atoms with Crippen molar-refractivity contribution in [1.29, 1.82) is 0 Å². The number of rotatable bonds is 6. The molecule has 1 saturated carbocycles. The molecule has 0 aromatic carbocycles. The summed E-state index contributed by atoms with van der Waals surface area (Å²) in [5.74, 6) is -0.0376. The van der Waals surface area contributed by atoms with Crippen LogP contribution in [-0.4, -0.2) is 74.1 Å². The van der Waals surface area contributed by atoms with Gasteiger partial charge in [-0.15, -0.1) is 0 Å². The lowest BCUT2D eigenvalue weighted by Gasteiger charge is -2.51. The summed E-state index contributed by atoms with van der Waals surface area (Å²) in [6, 6.07) is 0. The normalized spacial score (nSPS) is 41.2. The molecule has 0 aromatic rings. The maximum atomic E-state index is 12.6. The molecule has 6 nitrogen and oxygen atoms in total. The number of aliphatic hydroxyl groups excluding tert-OH is 1. The lowest BCUT2D eigenvalue weighted by Crippen LogP contribution is -2.54. The molecular weight excluding hydrogens is 356 g/mol. The molecule has 0 amide bonds. The van der Waals surface area contributed by atoms with Crippen LogP contribution in [0.15, 0.2) is 11.6 Å². The summed E-state index contributed by atoms with van der Waals surface area (Å²) in [7, 11) is 0. The zero-order chi connectivity index (χ0) is 19.7. The molecule has 2 heterocycles. The van der Waals surface area contributed by atoms with Crippen molar-refractivity contribution in [2.75, 3.05) is 45.9 Å². The summed E-state index contributed by atoms with van der Waals surface area (Å²) in [6.07, 6.45) is 5.63. The van der Waals surface area contributed by atoms with E-state index in [1.807, 2.05) is 0 Å². The molecule has 2 saturated heterocycles. The van der Waals surface area contributed by atoms with Crippen LogP contribution in [0.1, 0.15) is 39.5 Å². The molecular formula is C22H36N2O4. The number of esters is 1. The van der Waals surface area contributed by atoms with Crippen LogP contribution in [0.4, 0.5) is 0 Å². The van der Waals surface area contributed by atoms with Crippen LogP contribution in [0.5, 0.6) is 0 Å². The molecule has 2 aliphatic heterocycles. The Morgan fingerprint density at radius 3 is 2.93 bits per heavy atom. The highest BCUT2D eigenvalue weighted by Crippen LogP contribution is 2.55. The van der Waals surface area contributed by atoms with Crippen LogP contribution in [0.2, 0.25) is 0 Å². The summed E-state index contributed by atoms with van der Waals surface area (Å²) >= 11 is 0. The lowest BCUT2D eigenvalue weighted by atomic mass is 9.55. The number of hydrogen-bond acceptors (Lipinski definition) is 6. The minimum Gasteiger partial charge on any atom is -0.461 e. The molecule has 0 unspecified atom stereocenters. The first-order chi connectivity index (χ1) is 13.5. The van der Waals surface area contributed by atoms with E-state index in [4.69, 9.17) is 9.47 Å². The van der Waals surface area contributed by atoms with Crippen molar-refractivity contribution < 1.29 is 19.4 Å². The second kappa shape index (κ2) is 8.42. The highest BCUT2D eigenvalue weighted by atomic mass is 16.6. The van der Waals surface area contributed by atoms with E-state index in [9.17, 15) is 9.90 Å². The number of nitrogens with one attached hydrogen (secondary N) is 1. The van der Waals surface area contributed by atoms with E-state index in [1.165, 1.54) is 5.57 Å². The molecule has 0 aromatic heterocycles. The third-order valence-electron chi connectivity index (χ3n) is 7.87. The SMILES string of the molecule is C[C@H]1CCC=C2C[C@H]3OC(=O)[C@@H](CNCCCN4CCOCC4)[C@H]3[C@@H](O)[C@@]21C. The van der Waals surface area contributed by atoms with Gasteiger partial charge < -0.3 is 19.9 Å². The number of fused-ring (bicyclic) bond motifs is 2. The van der Waals surface area contributed by atoms with E-state index < -0.39 is 6.10 Å². The predicted molar refractivity (Wildman–Crippen MR) is 107 cm³/mol. The molecule has 0 spiro atoms. The van der Waals surface area contributed by atoms with Crippen LogP contribution in [0, 0.1) is 23.2 Å². The van der Waals surface area contributed by atoms with E-state index >= 15 is 0 Å². The molecule has 6 atom stereocenters. The van der Waals surface area contributed by atoms with E-state index in [-0.39, 0.29) is 29.3 Å². The van der Waals surface area contributed by atoms with Gasteiger partial charge in [0.25, 0.3) is 0 Å². The Bertz CT molecular complexity index is 603.